The third-order valence-electron chi connectivity index (χ3n) is 2.82. The highest BCUT2D eigenvalue weighted by Crippen LogP contribution is 2.17. The zero-order valence-corrected chi connectivity index (χ0v) is 12.5. The van der Waals surface area contributed by atoms with Crippen LogP contribution in [-0.2, 0) is 6.42 Å². The van der Waals surface area contributed by atoms with E-state index in [0.717, 1.165) is 36.8 Å². The van der Waals surface area contributed by atoms with Crippen LogP contribution in [0.25, 0.3) is 0 Å². The Morgan fingerprint density at radius 2 is 1.79 bits per heavy atom. The lowest BCUT2D eigenvalue weighted by molar-refractivity contribution is 0.170. The average Bonchev–Trinajstić information content (AvgIpc) is 2.42. The van der Waals surface area contributed by atoms with E-state index in [1.54, 1.807) is 0 Å². The topological polar surface area (TPSA) is 70.1 Å². The lowest BCUT2D eigenvalue weighted by atomic mass is 9.95. The van der Waals surface area contributed by atoms with Gasteiger partial charge in [0, 0.05) is 37.6 Å². The first-order chi connectivity index (χ1) is 9.00. The van der Waals surface area contributed by atoms with Crippen LogP contribution in [0.2, 0.25) is 0 Å². The van der Waals surface area contributed by atoms with E-state index in [2.05, 4.69) is 27.5 Å². The molecular weight excluding hydrogens is 240 g/mol. The summed E-state index contributed by atoms with van der Waals surface area (Å²) in [4.78, 5) is 8.90. The molecule has 0 saturated carbocycles. The predicted octanol–water partition coefficient (Wildman–Crippen LogP) is 2.29. The normalized spacial score (nSPS) is 11.4. The number of hydrogen-bond acceptors (Lipinski definition) is 5. The van der Waals surface area contributed by atoms with E-state index >= 15 is 0 Å². The summed E-state index contributed by atoms with van der Waals surface area (Å²) < 4.78 is 0. The molecule has 0 atom stereocenters. The molecule has 5 nitrogen and oxygen atoms in total. The number of rotatable bonds is 8. The van der Waals surface area contributed by atoms with Gasteiger partial charge in [-0.3, -0.25) is 0 Å². The Labute approximate surface area is 115 Å². The Hall–Kier alpha value is -1.36. The van der Waals surface area contributed by atoms with Gasteiger partial charge in [-0.25, -0.2) is 9.97 Å². The molecular formula is C14H26N4O. The summed E-state index contributed by atoms with van der Waals surface area (Å²) in [6.45, 7) is 9.92. The van der Waals surface area contributed by atoms with Crippen molar-refractivity contribution in [2.75, 3.05) is 30.3 Å². The minimum absolute atomic E-state index is 0.145. The second-order valence-electron chi connectivity index (χ2n) is 5.51. The van der Waals surface area contributed by atoms with Gasteiger partial charge in [0.25, 0.3) is 0 Å². The maximum Gasteiger partial charge on any atom is 0.132 e. The molecule has 1 rings (SSSR count). The summed E-state index contributed by atoms with van der Waals surface area (Å²) in [6, 6.07) is 1.92. The molecule has 0 fully saturated rings. The Bertz CT molecular complexity index is 393. The zero-order chi connectivity index (χ0) is 14.3. The molecule has 0 radical (unpaired) electrons. The van der Waals surface area contributed by atoms with Crippen molar-refractivity contribution >= 4 is 11.6 Å². The van der Waals surface area contributed by atoms with Gasteiger partial charge in [0.05, 0.1) is 0 Å². The first-order valence-electron chi connectivity index (χ1n) is 6.97. The van der Waals surface area contributed by atoms with Crippen molar-refractivity contribution in [3.63, 3.8) is 0 Å². The van der Waals surface area contributed by atoms with Gasteiger partial charge in [-0.15, -0.1) is 0 Å². The molecule has 1 heterocycles. The molecule has 0 saturated heterocycles. The lowest BCUT2D eigenvalue weighted by Crippen LogP contribution is -2.27. The SMILES string of the molecule is CCCNc1cc(NCC(C)(C)CO)nc(CC)n1. The summed E-state index contributed by atoms with van der Waals surface area (Å²) in [6.07, 6.45) is 1.87. The number of hydrogen-bond donors (Lipinski definition) is 3. The molecule has 0 aliphatic carbocycles. The summed E-state index contributed by atoms with van der Waals surface area (Å²) in [5.41, 5.74) is -0.158. The fourth-order valence-electron chi connectivity index (χ4n) is 1.48. The molecule has 0 amide bonds. The molecule has 0 bridgehead atoms. The van der Waals surface area contributed by atoms with E-state index in [9.17, 15) is 5.11 Å². The highest BCUT2D eigenvalue weighted by molar-refractivity contribution is 5.47. The van der Waals surface area contributed by atoms with E-state index in [-0.39, 0.29) is 12.0 Å². The summed E-state index contributed by atoms with van der Waals surface area (Å²) in [5.74, 6) is 2.50. The maximum absolute atomic E-state index is 9.26. The average molecular weight is 266 g/mol. The Morgan fingerprint density at radius 3 is 2.32 bits per heavy atom. The number of aliphatic hydroxyl groups is 1. The Kier molecular flexibility index (Phi) is 6.02. The number of nitrogens with zero attached hydrogens (tertiary/aromatic N) is 2. The predicted molar refractivity (Wildman–Crippen MR) is 79.5 cm³/mol. The Balaban J connectivity index is 2.76. The summed E-state index contributed by atoms with van der Waals surface area (Å²) in [7, 11) is 0. The largest absolute Gasteiger partial charge is 0.396 e. The number of anilines is 2. The van der Waals surface area contributed by atoms with Crippen LogP contribution in [0, 0.1) is 5.41 Å². The molecule has 1 aromatic rings. The molecule has 0 spiro atoms. The van der Waals surface area contributed by atoms with Crippen molar-refractivity contribution in [1.29, 1.82) is 0 Å². The van der Waals surface area contributed by atoms with E-state index < -0.39 is 0 Å². The lowest BCUT2D eigenvalue weighted by Gasteiger charge is -2.22. The van der Waals surface area contributed by atoms with Crippen molar-refractivity contribution in [3.05, 3.63) is 11.9 Å². The van der Waals surface area contributed by atoms with Crippen LogP contribution in [0.5, 0.6) is 0 Å². The standard InChI is InChI=1S/C14H26N4O/c1-5-7-15-12-8-13(18-11(6-2)17-12)16-9-14(3,4)10-19/h8,19H,5-7,9-10H2,1-4H3,(H2,15,16,17,18). The monoisotopic (exact) mass is 266 g/mol. The minimum Gasteiger partial charge on any atom is -0.396 e. The maximum atomic E-state index is 9.26. The molecule has 5 heteroatoms. The first-order valence-corrected chi connectivity index (χ1v) is 6.97. The van der Waals surface area contributed by atoms with E-state index in [1.165, 1.54) is 0 Å². The van der Waals surface area contributed by atoms with Crippen LogP contribution in [0.15, 0.2) is 6.07 Å². The second kappa shape index (κ2) is 7.28. The van der Waals surface area contributed by atoms with Crippen molar-refractivity contribution < 1.29 is 5.11 Å². The van der Waals surface area contributed by atoms with E-state index in [0.29, 0.717) is 6.54 Å². The van der Waals surface area contributed by atoms with Crippen LogP contribution in [-0.4, -0.2) is 34.8 Å². The second-order valence-corrected chi connectivity index (χ2v) is 5.51. The van der Waals surface area contributed by atoms with E-state index in [1.807, 2.05) is 26.8 Å². The third kappa shape index (κ3) is 5.42. The molecule has 0 aromatic carbocycles. The highest BCUT2D eigenvalue weighted by atomic mass is 16.3. The van der Waals surface area contributed by atoms with Gasteiger partial charge in [-0.05, 0) is 6.42 Å². The van der Waals surface area contributed by atoms with E-state index in [4.69, 9.17) is 0 Å². The van der Waals surface area contributed by atoms with Crippen molar-refractivity contribution in [2.24, 2.45) is 5.41 Å². The number of aromatic nitrogens is 2. The molecule has 1 aromatic heterocycles. The van der Waals surface area contributed by atoms with Crippen molar-refractivity contribution in [3.8, 4) is 0 Å². The van der Waals surface area contributed by atoms with Crippen LogP contribution in [0.1, 0.15) is 39.9 Å². The fraction of sp³-hybridized carbons (Fsp3) is 0.714. The quantitative estimate of drug-likeness (QED) is 0.673. The molecule has 3 N–H and O–H groups in total. The van der Waals surface area contributed by atoms with Gasteiger partial charge in [0.1, 0.15) is 17.5 Å². The third-order valence-corrected chi connectivity index (χ3v) is 2.82. The number of aliphatic hydroxyl groups excluding tert-OH is 1. The zero-order valence-electron chi connectivity index (χ0n) is 12.5. The van der Waals surface area contributed by atoms with Gasteiger partial charge in [-0.2, -0.15) is 0 Å². The smallest absolute Gasteiger partial charge is 0.132 e. The molecule has 0 unspecified atom stereocenters. The molecule has 19 heavy (non-hydrogen) atoms. The summed E-state index contributed by atoms with van der Waals surface area (Å²) >= 11 is 0. The molecule has 0 aliphatic rings. The van der Waals surface area contributed by atoms with Crippen LogP contribution in [0.3, 0.4) is 0 Å². The minimum atomic E-state index is -0.158. The van der Waals surface area contributed by atoms with Crippen molar-refractivity contribution in [2.45, 2.75) is 40.5 Å². The van der Waals surface area contributed by atoms with Crippen LogP contribution < -0.4 is 10.6 Å². The summed E-state index contributed by atoms with van der Waals surface area (Å²) in [5, 5.41) is 15.8. The van der Waals surface area contributed by atoms with Crippen LogP contribution in [0.4, 0.5) is 11.6 Å². The van der Waals surface area contributed by atoms with Gasteiger partial charge >= 0.3 is 0 Å². The van der Waals surface area contributed by atoms with Gasteiger partial charge in [0.15, 0.2) is 0 Å². The fourth-order valence-corrected chi connectivity index (χ4v) is 1.48. The number of nitrogens with one attached hydrogen (secondary N) is 2. The molecule has 108 valence electrons. The van der Waals surface area contributed by atoms with Gasteiger partial charge < -0.3 is 15.7 Å². The van der Waals surface area contributed by atoms with Gasteiger partial charge in [-0.1, -0.05) is 27.7 Å². The van der Waals surface area contributed by atoms with Gasteiger partial charge in [0.2, 0.25) is 0 Å². The first kappa shape index (κ1) is 15.7. The van der Waals surface area contributed by atoms with Crippen LogP contribution >= 0.6 is 0 Å². The molecule has 0 aliphatic heterocycles. The van der Waals surface area contributed by atoms with Crippen molar-refractivity contribution in [1.82, 2.24) is 9.97 Å². The number of aryl methyl sites for hydroxylation is 1. The Morgan fingerprint density at radius 1 is 1.16 bits per heavy atom. The highest BCUT2D eigenvalue weighted by Gasteiger charge is 2.16.